The molecular weight excluding hydrogens is 230 g/mol. The lowest BCUT2D eigenvalue weighted by Crippen LogP contribution is -2.25. The molecule has 0 aromatic heterocycles. The molecule has 2 N–H and O–H groups in total. The van der Waals surface area contributed by atoms with Crippen molar-refractivity contribution in [2.45, 2.75) is 25.7 Å². The van der Waals surface area contributed by atoms with Crippen LogP contribution in [-0.4, -0.2) is 31.0 Å². The first-order chi connectivity index (χ1) is 8.74. The number of alkyl carbamates (subject to hydrolysis) is 1. The van der Waals surface area contributed by atoms with Crippen molar-refractivity contribution in [2.75, 3.05) is 19.8 Å². The Kier molecular flexibility index (Phi) is 10.9. The van der Waals surface area contributed by atoms with E-state index < -0.39 is 6.09 Å². The van der Waals surface area contributed by atoms with Gasteiger partial charge in [-0.2, -0.15) is 0 Å². The van der Waals surface area contributed by atoms with Gasteiger partial charge in [0.2, 0.25) is 0 Å². The highest BCUT2D eigenvalue weighted by molar-refractivity contribution is 5.67. The number of unbranched alkanes of at least 4 members (excludes halogenated alkanes) is 3. The van der Waals surface area contributed by atoms with Crippen molar-refractivity contribution >= 4 is 6.09 Å². The maximum Gasteiger partial charge on any atom is 0.407 e. The number of carbonyl (C=O) groups is 1. The minimum absolute atomic E-state index is 0.200. The lowest BCUT2D eigenvalue weighted by molar-refractivity contribution is 0.156. The second-order valence-electron chi connectivity index (χ2n) is 3.82. The number of rotatable bonds is 10. The zero-order valence-electron chi connectivity index (χ0n) is 10.9. The molecule has 0 saturated heterocycles. The van der Waals surface area contributed by atoms with Gasteiger partial charge in [0.15, 0.2) is 0 Å². The normalized spacial score (nSPS) is 10.8. The third-order valence-corrected chi connectivity index (χ3v) is 2.32. The molecule has 0 aromatic rings. The standard InChI is InChI=1S/C14H23NO3/c1-3-9-13(4-2)12-18-14(17)15-10-7-5-6-8-11-16/h3-4,9,16H,1-2,5-8,10-12H2,(H,15,17)/b13-9+. The number of aliphatic hydroxyl groups is 1. The number of nitrogens with one attached hydrogen (secondary N) is 1. The van der Waals surface area contributed by atoms with Crippen molar-refractivity contribution in [1.82, 2.24) is 5.32 Å². The topological polar surface area (TPSA) is 58.6 Å². The first kappa shape index (κ1) is 16.4. The van der Waals surface area contributed by atoms with Gasteiger partial charge < -0.3 is 15.2 Å². The van der Waals surface area contributed by atoms with Crippen LogP contribution in [-0.2, 0) is 4.74 Å². The van der Waals surface area contributed by atoms with Crippen LogP contribution in [0.5, 0.6) is 0 Å². The van der Waals surface area contributed by atoms with Crippen LogP contribution in [0.15, 0.2) is 37.0 Å². The van der Waals surface area contributed by atoms with Crippen molar-refractivity contribution in [3.05, 3.63) is 37.0 Å². The van der Waals surface area contributed by atoms with Crippen LogP contribution < -0.4 is 5.32 Å². The van der Waals surface area contributed by atoms with Crippen molar-refractivity contribution in [3.8, 4) is 0 Å². The van der Waals surface area contributed by atoms with E-state index in [0.29, 0.717) is 6.54 Å². The molecular formula is C14H23NO3. The SMILES string of the molecule is C=C/C=C(\C=C)COC(=O)NCCCCCCO. The number of amides is 1. The quantitative estimate of drug-likeness (QED) is 0.464. The molecule has 1 amide bonds. The summed E-state index contributed by atoms with van der Waals surface area (Å²) in [5.74, 6) is 0. The molecule has 18 heavy (non-hydrogen) atoms. The maximum absolute atomic E-state index is 11.3. The molecule has 0 radical (unpaired) electrons. The van der Waals surface area contributed by atoms with Gasteiger partial charge in [0, 0.05) is 13.2 Å². The molecule has 0 bridgehead atoms. The second kappa shape index (κ2) is 11.9. The maximum atomic E-state index is 11.3. The third kappa shape index (κ3) is 9.66. The average molecular weight is 253 g/mol. The van der Waals surface area contributed by atoms with E-state index in [1.165, 1.54) is 0 Å². The van der Waals surface area contributed by atoms with E-state index in [0.717, 1.165) is 31.3 Å². The molecule has 0 aromatic carbocycles. The smallest absolute Gasteiger partial charge is 0.407 e. The largest absolute Gasteiger partial charge is 0.445 e. The molecule has 4 nitrogen and oxygen atoms in total. The summed E-state index contributed by atoms with van der Waals surface area (Å²) >= 11 is 0. The highest BCUT2D eigenvalue weighted by Gasteiger charge is 2.01. The summed E-state index contributed by atoms with van der Waals surface area (Å²) in [5.41, 5.74) is 0.808. The number of aliphatic hydroxyl groups excluding tert-OH is 1. The van der Waals surface area contributed by atoms with Crippen LogP contribution in [0, 0.1) is 0 Å². The molecule has 0 rings (SSSR count). The van der Waals surface area contributed by atoms with Crippen molar-refractivity contribution in [2.24, 2.45) is 0 Å². The van der Waals surface area contributed by atoms with Gasteiger partial charge in [-0.15, -0.1) is 0 Å². The number of ether oxygens (including phenoxy) is 1. The molecule has 0 aliphatic carbocycles. The van der Waals surface area contributed by atoms with E-state index in [2.05, 4.69) is 18.5 Å². The van der Waals surface area contributed by atoms with Crippen LogP contribution >= 0.6 is 0 Å². The first-order valence-electron chi connectivity index (χ1n) is 6.20. The van der Waals surface area contributed by atoms with Gasteiger partial charge in [0.1, 0.15) is 6.61 Å². The summed E-state index contributed by atoms with van der Waals surface area (Å²) in [6.45, 7) is 8.20. The molecule has 0 heterocycles. The van der Waals surface area contributed by atoms with E-state index >= 15 is 0 Å². The van der Waals surface area contributed by atoms with Gasteiger partial charge >= 0.3 is 6.09 Å². The third-order valence-electron chi connectivity index (χ3n) is 2.32. The molecule has 0 fully saturated rings. The van der Waals surface area contributed by atoms with E-state index in [1.54, 1.807) is 18.2 Å². The van der Waals surface area contributed by atoms with Crippen LogP contribution in [0.2, 0.25) is 0 Å². The van der Waals surface area contributed by atoms with Crippen molar-refractivity contribution in [1.29, 1.82) is 0 Å². The van der Waals surface area contributed by atoms with Crippen LogP contribution in [0.25, 0.3) is 0 Å². The molecule has 4 heteroatoms. The second-order valence-corrected chi connectivity index (χ2v) is 3.82. The number of allylic oxidation sites excluding steroid dienone is 2. The fraction of sp³-hybridized carbons (Fsp3) is 0.500. The molecule has 0 aliphatic heterocycles. The molecule has 0 aliphatic rings. The Labute approximate surface area is 109 Å². The minimum atomic E-state index is -0.422. The Morgan fingerprint density at radius 3 is 2.56 bits per heavy atom. The number of carbonyl (C=O) groups excluding carboxylic acids is 1. The molecule has 0 saturated carbocycles. The van der Waals surface area contributed by atoms with Crippen molar-refractivity contribution < 1.29 is 14.6 Å². The number of hydrogen-bond donors (Lipinski definition) is 2. The van der Waals surface area contributed by atoms with Crippen molar-refractivity contribution in [3.63, 3.8) is 0 Å². The van der Waals surface area contributed by atoms with Gasteiger partial charge in [0.05, 0.1) is 0 Å². The fourth-order valence-electron chi connectivity index (χ4n) is 1.31. The summed E-state index contributed by atoms with van der Waals surface area (Å²) in [7, 11) is 0. The fourth-order valence-corrected chi connectivity index (χ4v) is 1.31. The van der Waals surface area contributed by atoms with E-state index in [-0.39, 0.29) is 13.2 Å². The van der Waals surface area contributed by atoms with Crippen LogP contribution in [0.1, 0.15) is 25.7 Å². The zero-order chi connectivity index (χ0) is 13.6. The summed E-state index contributed by atoms with van der Waals surface area (Å²) < 4.78 is 5.00. The Bertz CT molecular complexity index is 285. The predicted octanol–water partition coefficient (Wildman–Crippen LogP) is 2.56. The molecule has 0 unspecified atom stereocenters. The summed E-state index contributed by atoms with van der Waals surface area (Å²) in [4.78, 5) is 11.3. The average Bonchev–Trinajstić information content (AvgIpc) is 2.38. The molecule has 0 spiro atoms. The first-order valence-corrected chi connectivity index (χ1v) is 6.20. The summed E-state index contributed by atoms with van der Waals surface area (Å²) in [5, 5.41) is 11.3. The predicted molar refractivity (Wildman–Crippen MR) is 73.4 cm³/mol. The minimum Gasteiger partial charge on any atom is -0.445 e. The summed E-state index contributed by atoms with van der Waals surface area (Å²) in [6.07, 6.45) is 8.27. The van der Waals surface area contributed by atoms with Crippen LogP contribution in [0.4, 0.5) is 4.79 Å². The zero-order valence-corrected chi connectivity index (χ0v) is 10.9. The molecule has 102 valence electrons. The van der Waals surface area contributed by atoms with E-state index in [9.17, 15) is 4.79 Å². The Hall–Kier alpha value is -1.55. The molecule has 0 atom stereocenters. The lowest BCUT2D eigenvalue weighted by Gasteiger charge is -2.07. The van der Waals surface area contributed by atoms with Gasteiger partial charge in [0.25, 0.3) is 0 Å². The van der Waals surface area contributed by atoms with Gasteiger partial charge in [-0.05, 0) is 18.4 Å². The van der Waals surface area contributed by atoms with Gasteiger partial charge in [-0.3, -0.25) is 0 Å². The highest BCUT2D eigenvalue weighted by atomic mass is 16.5. The van der Waals surface area contributed by atoms with Crippen LogP contribution in [0.3, 0.4) is 0 Å². The Morgan fingerprint density at radius 2 is 1.94 bits per heavy atom. The Balaban J connectivity index is 3.56. The van der Waals surface area contributed by atoms with Gasteiger partial charge in [-0.1, -0.05) is 44.2 Å². The summed E-state index contributed by atoms with van der Waals surface area (Å²) in [6, 6.07) is 0. The van der Waals surface area contributed by atoms with E-state index in [1.807, 2.05) is 0 Å². The lowest BCUT2D eigenvalue weighted by atomic mass is 10.2. The number of hydrogen-bond acceptors (Lipinski definition) is 3. The monoisotopic (exact) mass is 253 g/mol. The highest BCUT2D eigenvalue weighted by Crippen LogP contribution is 1.99. The van der Waals surface area contributed by atoms with E-state index in [4.69, 9.17) is 9.84 Å². The van der Waals surface area contributed by atoms with Gasteiger partial charge in [-0.25, -0.2) is 4.79 Å². The Morgan fingerprint density at radius 1 is 1.22 bits per heavy atom.